The number of nitrogens with zero attached hydrogens (tertiary/aromatic N) is 1. The molecule has 0 amide bonds. The summed E-state index contributed by atoms with van der Waals surface area (Å²) in [4.78, 5) is 15.7. The molecule has 1 heterocycles. The quantitative estimate of drug-likeness (QED) is 0.353. The third-order valence-corrected chi connectivity index (χ3v) is 6.08. The summed E-state index contributed by atoms with van der Waals surface area (Å²) in [5.41, 5.74) is 1.86. The molecule has 0 spiro atoms. The van der Waals surface area contributed by atoms with E-state index in [9.17, 15) is 13.2 Å². The SMILES string of the molecule is COC(=O)/C=C/c1cc(OC)c(OC)c(S(=O)(=O)NCCc2coc(-c3ccccc3)n2)c1. The van der Waals surface area contributed by atoms with E-state index >= 15 is 0 Å². The lowest BCUT2D eigenvalue weighted by Crippen LogP contribution is -2.26. The van der Waals surface area contributed by atoms with Gasteiger partial charge in [0.15, 0.2) is 11.5 Å². The smallest absolute Gasteiger partial charge is 0.330 e. The largest absolute Gasteiger partial charge is 0.493 e. The summed E-state index contributed by atoms with van der Waals surface area (Å²) in [6, 6.07) is 12.3. The normalized spacial score (nSPS) is 11.5. The summed E-state index contributed by atoms with van der Waals surface area (Å²) >= 11 is 0. The van der Waals surface area contributed by atoms with Gasteiger partial charge in [0.05, 0.1) is 27.0 Å². The molecule has 174 valence electrons. The van der Waals surface area contributed by atoms with Crippen LogP contribution < -0.4 is 14.2 Å². The molecule has 0 fully saturated rings. The number of rotatable bonds is 10. The number of ether oxygens (including phenoxy) is 3. The molecule has 0 saturated heterocycles. The molecule has 0 aliphatic heterocycles. The topological polar surface area (TPSA) is 117 Å². The molecular weight excluding hydrogens is 448 g/mol. The van der Waals surface area contributed by atoms with Crippen LogP contribution in [0.2, 0.25) is 0 Å². The Balaban J connectivity index is 1.78. The predicted molar refractivity (Wildman–Crippen MR) is 121 cm³/mol. The van der Waals surface area contributed by atoms with Crippen LogP contribution in [-0.2, 0) is 26.0 Å². The lowest BCUT2D eigenvalue weighted by atomic mass is 10.2. The molecule has 1 aromatic heterocycles. The van der Waals surface area contributed by atoms with Gasteiger partial charge in [-0.1, -0.05) is 18.2 Å². The number of esters is 1. The van der Waals surface area contributed by atoms with Crippen LogP contribution in [0.4, 0.5) is 0 Å². The van der Waals surface area contributed by atoms with Crippen molar-refractivity contribution in [2.75, 3.05) is 27.9 Å². The molecule has 2 aromatic carbocycles. The molecule has 10 heteroatoms. The molecule has 0 aliphatic carbocycles. The number of carbonyl (C=O) groups is 1. The van der Waals surface area contributed by atoms with E-state index in [-0.39, 0.29) is 22.9 Å². The third-order valence-electron chi connectivity index (χ3n) is 4.62. The van der Waals surface area contributed by atoms with Gasteiger partial charge < -0.3 is 18.6 Å². The summed E-state index contributed by atoms with van der Waals surface area (Å²) < 4.78 is 49.2. The Hall–Kier alpha value is -3.63. The van der Waals surface area contributed by atoms with E-state index in [4.69, 9.17) is 13.9 Å². The molecule has 9 nitrogen and oxygen atoms in total. The first-order valence-electron chi connectivity index (χ1n) is 9.89. The van der Waals surface area contributed by atoms with Crippen LogP contribution in [0.15, 0.2) is 64.1 Å². The third kappa shape index (κ3) is 5.99. The van der Waals surface area contributed by atoms with Crippen molar-refractivity contribution in [2.45, 2.75) is 11.3 Å². The zero-order valence-corrected chi connectivity index (χ0v) is 19.2. The van der Waals surface area contributed by atoms with Crippen molar-refractivity contribution in [1.29, 1.82) is 0 Å². The Morgan fingerprint density at radius 2 is 1.88 bits per heavy atom. The van der Waals surface area contributed by atoms with E-state index < -0.39 is 16.0 Å². The van der Waals surface area contributed by atoms with Crippen molar-refractivity contribution in [3.05, 3.63) is 66.1 Å². The maximum absolute atomic E-state index is 13.0. The minimum atomic E-state index is -3.98. The Kier molecular flexibility index (Phi) is 7.86. The lowest BCUT2D eigenvalue weighted by Gasteiger charge is -2.15. The second-order valence-electron chi connectivity index (χ2n) is 6.77. The second kappa shape index (κ2) is 10.8. The fourth-order valence-electron chi connectivity index (χ4n) is 3.00. The number of hydrogen-bond acceptors (Lipinski definition) is 8. The monoisotopic (exact) mass is 472 g/mol. The van der Waals surface area contributed by atoms with E-state index in [1.807, 2.05) is 30.3 Å². The molecule has 0 aliphatic rings. The summed E-state index contributed by atoms with van der Waals surface area (Å²) in [7, 11) is 0.00934. The number of carbonyl (C=O) groups excluding carboxylic acids is 1. The Morgan fingerprint density at radius 1 is 1.12 bits per heavy atom. The van der Waals surface area contributed by atoms with E-state index in [0.29, 0.717) is 23.6 Å². The van der Waals surface area contributed by atoms with Crippen LogP contribution in [0.3, 0.4) is 0 Å². The van der Waals surface area contributed by atoms with Gasteiger partial charge in [-0.15, -0.1) is 0 Å². The molecule has 0 unspecified atom stereocenters. The highest BCUT2D eigenvalue weighted by molar-refractivity contribution is 7.89. The lowest BCUT2D eigenvalue weighted by molar-refractivity contribution is -0.134. The number of benzene rings is 2. The standard InChI is InChI=1S/C23H24N2O7S/c1-29-19-13-16(9-10-21(26)30-2)14-20(22(19)31-3)33(27,28)24-12-11-18-15-32-23(25-18)17-7-5-4-6-8-17/h4-10,13-15,24H,11-12H2,1-3H3/b10-9+. The molecule has 0 bridgehead atoms. The van der Waals surface area contributed by atoms with Crippen LogP contribution >= 0.6 is 0 Å². The van der Waals surface area contributed by atoms with E-state index in [1.165, 1.54) is 45.8 Å². The molecule has 0 atom stereocenters. The van der Waals surface area contributed by atoms with Crippen molar-refractivity contribution >= 4 is 22.1 Å². The van der Waals surface area contributed by atoms with Gasteiger partial charge in [0.2, 0.25) is 15.9 Å². The van der Waals surface area contributed by atoms with Gasteiger partial charge in [-0.3, -0.25) is 0 Å². The van der Waals surface area contributed by atoms with Crippen molar-refractivity contribution in [1.82, 2.24) is 9.71 Å². The molecule has 0 saturated carbocycles. The highest BCUT2D eigenvalue weighted by Crippen LogP contribution is 2.36. The van der Waals surface area contributed by atoms with Crippen molar-refractivity contribution < 1.29 is 31.8 Å². The Labute approximate surface area is 192 Å². The number of aromatic nitrogens is 1. The summed E-state index contributed by atoms with van der Waals surface area (Å²) in [6.07, 6.45) is 4.42. The zero-order chi connectivity index (χ0) is 23.8. The highest BCUT2D eigenvalue weighted by atomic mass is 32.2. The first kappa shape index (κ1) is 24.0. The average Bonchev–Trinajstić information content (AvgIpc) is 3.31. The molecular formula is C23H24N2O7S. The van der Waals surface area contributed by atoms with Gasteiger partial charge in [-0.2, -0.15) is 0 Å². The van der Waals surface area contributed by atoms with Crippen molar-refractivity contribution in [2.24, 2.45) is 0 Å². The second-order valence-corrected chi connectivity index (χ2v) is 8.50. The number of nitrogens with one attached hydrogen (secondary N) is 1. The van der Waals surface area contributed by atoms with Gasteiger partial charge in [0.1, 0.15) is 11.2 Å². The minimum Gasteiger partial charge on any atom is -0.493 e. The Bertz CT molecular complexity index is 1230. The number of hydrogen-bond donors (Lipinski definition) is 1. The van der Waals surface area contributed by atoms with Crippen LogP contribution in [-0.4, -0.2) is 47.2 Å². The first-order chi connectivity index (χ1) is 15.9. The molecule has 3 rings (SSSR count). The molecule has 0 radical (unpaired) electrons. The van der Waals surface area contributed by atoms with Gasteiger partial charge in [0, 0.05) is 24.6 Å². The van der Waals surface area contributed by atoms with Crippen LogP contribution in [0.5, 0.6) is 11.5 Å². The Morgan fingerprint density at radius 3 is 2.55 bits per heavy atom. The summed E-state index contributed by atoms with van der Waals surface area (Å²) in [5, 5.41) is 0. The molecule has 3 aromatic rings. The van der Waals surface area contributed by atoms with E-state index in [0.717, 1.165) is 5.56 Å². The van der Waals surface area contributed by atoms with Gasteiger partial charge in [0.25, 0.3) is 0 Å². The predicted octanol–water partition coefficient (Wildman–Crippen LogP) is 3.07. The summed E-state index contributed by atoms with van der Waals surface area (Å²) in [6.45, 7) is 0.0802. The van der Waals surface area contributed by atoms with Crippen LogP contribution in [0, 0.1) is 0 Å². The van der Waals surface area contributed by atoms with Crippen LogP contribution in [0.1, 0.15) is 11.3 Å². The fraction of sp³-hybridized carbons (Fsp3) is 0.217. The van der Waals surface area contributed by atoms with Crippen molar-refractivity contribution in [3.63, 3.8) is 0 Å². The van der Waals surface area contributed by atoms with E-state index in [1.54, 1.807) is 6.07 Å². The number of oxazole rings is 1. The fourth-order valence-corrected chi connectivity index (χ4v) is 4.25. The first-order valence-corrected chi connectivity index (χ1v) is 11.4. The van der Waals surface area contributed by atoms with Crippen LogP contribution in [0.25, 0.3) is 17.5 Å². The molecule has 1 N–H and O–H groups in total. The zero-order valence-electron chi connectivity index (χ0n) is 18.4. The summed E-state index contributed by atoms with van der Waals surface area (Å²) in [5.74, 6) is 0.140. The molecule has 33 heavy (non-hydrogen) atoms. The van der Waals surface area contributed by atoms with Gasteiger partial charge >= 0.3 is 5.97 Å². The van der Waals surface area contributed by atoms with Gasteiger partial charge in [-0.05, 0) is 35.9 Å². The van der Waals surface area contributed by atoms with E-state index in [2.05, 4.69) is 14.4 Å². The van der Waals surface area contributed by atoms with Gasteiger partial charge in [-0.25, -0.2) is 22.9 Å². The maximum Gasteiger partial charge on any atom is 0.330 e. The minimum absolute atomic E-state index is 0.0491. The van der Waals surface area contributed by atoms with Crippen molar-refractivity contribution in [3.8, 4) is 23.0 Å². The number of sulfonamides is 1. The average molecular weight is 473 g/mol. The maximum atomic E-state index is 13.0. The number of methoxy groups -OCH3 is 3. The highest BCUT2D eigenvalue weighted by Gasteiger charge is 2.23.